The third-order valence-corrected chi connectivity index (χ3v) is 5.14. The van der Waals surface area contributed by atoms with Crippen LogP contribution in [0.15, 0.2) is 41.3 Å². The van der Waals surface area contributed by atoms with Crippen LogP contribution in [0.1, 0.15) is 20.8 Å². The molecule has 0 aliphatic heterocycles. The van der Waals surface area contributed by atoms with Crippen LogP contribution in [0.4, 0.5) is 4.79 Å². The second-order valence-corrected chi connectivity index (χ2v) is 9.08. The molecule has 0 fully saturated rings. The van der Waals surface area contributed by atoms with Gasteiger partial charge in [0.15, 0.2) is 9.84 Å². The minimum absolute atomic E-state index is 0.0572. The summed E-state index contributed by atoms with van der Waals surface area (Å²) in [5.74, 6) is 3.35. The minimum atomic E-state index is -4.00. The maximum absolute atomic E-state index is 12.5. The summed E-state index contributed by atoms with van der Waals surface area (Å²) < 4.78 is 29.9. The summed E-state index contributed by atoms with van der Waals surface area (Å²) in [6.07, 6.45) is -1.12. The van der Waals surface area contributed by atoms with Gasteiger partial charge in [0.05, 0.1) is 4.90 Å². The van der Waals surface area contributed by atoms with E-state index < -0.39 is 33.2 Å². The van der Waals surface area contributed by atoms with Crippen LogP contribution in [0.2, 0.25) is 5.02 Å². The summed E-state index contributed by atoms with van der Waals surface area (Å²) in [5, 5.41) is 2.11. The first-order valence-electron chi connectivity index (χ1n) is 7.62. The van der Waals surface area contributed by atoms with Gasteiger partial charge in [0.1, 0.15) is 11.4 Å². The van der Waals surface area contributed by atoms with Crippen molar-refractivity contribution in [1.82, 2.24) is 5.01 Å². The Bertz CT molecular complexity index is 967. The lowest BCUT2D eigenvalue weighted by Gasteiger charge is -2.23. The second-order valence-electron chi connectivity index (χ2n) is 6.66. The molecule has 26 heavy (non-hydrogen) atoms. The zero-order valence-electron chi connectivity index (χ0n) is 14.5. The first kappa shape index (κ1) is 20.2. The van der Waals surface area contributed by atoms with Crippen molar-refractivity contribution in [3.63, 3.8) is 0 Å². The van der Waals surface area contributed by atoms with Gasteiger partial charge >= 0.3 is 6.09 Å². The lowest BCUT2D eigenvalue weighted by molar-refractivity contribution is -0.127. The van der Waals surface area contributed by atoms with Gasteiger partial charge in [-0.2, -0.15) is 5.01 Å². The number of carbonyl (C=O) groups is 2. The lowest BCUT2D eigenvalue weighted by atomic mass is 10.1. The molecule has 0 aliphatic carbocycles. The van der Waals surface area contributed by atoms with E-state index in [0.29, 0.717) is 10.4 Å². The third kappa shape index (κ3) is 4.94. The average Bonchev–Trinajstić information content (AvgIpc) is 2.51. The molecule has 2 rings (SSSR count). The van der Waals surface area contributed by atoms with Crippen molar-refractivity contribution in [2.24, 2.45) is 5.84 Å². The van der Waals surface area contributed by atoms with Crippen molar-refractivity contribution in [2.45, 2.75) is 31.3 Å². The zero-order chi connectivity index (χ0) is 19.7. The van der Waals surface area contributed by atoms with E-state index in [4.69, 9.17) is 22.2 Å². The van der Waals surface area contributed by atoms with Gasteiger partial charge in [0, 0.05) is 5.02 Å². The Kier molecular flexibility index (Phi) is 5.60. The Morgan fingerprint density at radius 3 is 2.31 bits per heavy atom. The lowest BCUT2D eigenvalue weighted by Crippen LogP contribution is -2.47. The number of halogens is 1. The molecule has 0 radical (unpaired) electrons. The van der Waals surface area contributed by atoms with Gasteiger partial charge in [-0.05, 0) is 55.8 Å². The number of nitrogens with two attached hydrogens (primary N) is 1. The SMILES string of the molecule is CC(C)(C)OC(=O)N(N)C(=O)CS(=O)(=O)c1ccc2cc(Cl)ccc2c1. The Morgan fingerprint density at radius 1 is 1.12 bits per heavy atom. The van der Waals surface area contributed by atoms with Crippen LogP contribution < -0.4 is 5.84 Å². The van der Waals surface area contributed by atoms with Crippen molar-refractivity contribution >= 4 is 44.2 Å². The fourth-order valence-electron chi connectivity index (χ4n) is 2.12. The molecule has 0 spiro atoms. The standard InChI is InChI=1S/C17H19ClN2O5S/c1-17(2,3)25-16(22)20(19)15(21)10-26(23,24)14-7-5-11-8-13(18)6-4-12(11)9-14/h4-9H,10,19H2,1-3H3. The number of nitrogens with zero attached hydrogens (tertiary/aromatic N) is 1. The number of hydrazine groups is 1. The molecule has 7 nitrogen and oxygen atoms in total. The van der Waals surface area contributed by atoms with Crippen molar-refractivity contribution in [3.05, 3.63) is 41.4 Å². The molecule has 2 aromatic rings. The van der Waals surface area contributed by atoms with Gasteiger partial charge in [-0.3, -0.25) is 4.79 Å². The first-order chi connectivity index (χ1) is 11.9. The Morgan fingerprint density at radius 2 is 1.69 bits per heavy atom. The molecule has 0 aromatic heterocycles. The summed E-state index contributed by atoms with van der Waals surface area (Å²) in [4.78, 5) is 23.8. The minimum Gasteiger partial charge on any atom is -0.442 e. The fraction of sp³-hybridized carbons (Fsp3) is 0.294. The monoisotopic (exact) mass is 398 g/mol. The molecule has 2 amide bonds. The third-order valence-electron chi connectivity index (χ3n) is 3.31. The van der Waals surface area contributed by atoms with Crippen molar-refractivity contribution in [1.29, 1.82) is 0 Å². The van der Waals surface area contributed by atoms with Gasteiger partial charge in [-0.25, -0.2) is 19.1 Å². The molecule has 0 atom stereocenters. The molecule has 2 N–H and O–H groups in total. The molecule has 0 unspecified atom stereocenters. The molecule has 0 heterocycles. The maximum atomic E-state index is 12.5. The highest BCUT2D eigenvalue weighted by atomic mass is 35.5. The van der Waals surface area contributed by atoms with E-state index in [0.717, 1.165) is 5.39 Å². The van der Waals surface area contributed by atoms with Gasteiger partial charge < -0.3 is 4.74 Å². The average molecular weight is 399 g/mol. The van der Waals surface area contributed by atoms with E-state index in [1.54, 1.807) is 45.0 Å². The molecule has 140 valence electrons. The van der Waals surface area contributed by atoms with Crippen LogP contribution in [0.3, 0.4) is 0 Å². The first-order valence-corrected chi connectivity index (χ1v) is 9.65. The number of ether oxygens (including phenoxy) is 1. The van der Waals surface area contributed by atoms with Crippen LogP contribution in [0, 0.1) is 0 Å². The van der Waals surface area contributed by atoms with Gasteiger partial charge in [0.2, 0.25) is 0 Å². The summed E-state index contributed by atoms with van der Waals surface area (Å²) in [7, 11) is -4.00. The van der Waals surface area contributed by atoms with Crippen molar-refractivity contribution in [2.75, 3.05) is 5.75 Å². The van der Waals surface area contributed by atoms with Crippen molar-refractivity contribution in [3.8, 4) is 0 Å². The number of imide groups is 1. The van der Waals surface area contributed by atoms with Crippen molar-refractivity contribution < 1.29 is 22.7 Å². The molecule has 9 heteroatoms. The van der Waals surface area contributed by atoms with Gasteiger partial charge in [0.25, 0.3) is 5.91 Å². The molecule has 0 saturated heterocycles. The molecular weight excluding hydrogens is 380 g/mol. The summed E-state index contributed by atoms with van der Waals surface area (Å²) in [5.41, 5.74) is -0.868. The highest BCUT2D eigenvalue weighted by Gasteiger charge is 2.29. The summed E-state index contributed by atoms with van der Waals surface area (Å²) in [6, 6.07) is 9.40. The topological polar surface area (TPSA) is 107 Å². The number of amides is 2. The second kappa shape index (κ2) is 7.22. The zero-order valence-corrected chi connectivity index (χ0v) is 16.1. The molecule has 0 bridgehead atoms. The number of benzene rings is 2. The normalized spacial score (nSPS) is 12.0. The smallest absolute Gasteiger partial charge is 0.431 e. The molecule has 2 aromatic carbocycles. The predicted molar refractivity (Wildman–Crippen MR) is 98.3 cm³/mol. The van der Waals surface area contributed by atoms with E-state index in [1.165, 1.54) is 12.1 Å². The Hall–Kier alpha value is -2.16. The summed E-state index contributed by atoms with van der Waals surface area (Å²) in [6.45, 7) is 4.80. The number of carbonyl (C=O) groups excluding carboxylic acids is 2. The number of hydrogen-bond donors (Lipinski definition) is 1. The van der Waals surface area contributed by atoms with E-state index >= 15 is 0 Å². The van der Waals surface area contributed by atoms with Gasteiger partial charge in [-0.15, -0.1) is 0 Å². The Labute approximate surface area is 156 Å². The molecular formula is C17H19ClN2O5S. The molecule has 0 aliphatic rings. The van der Waals surface area contributed by atoms with E-state index in [1.807, 2.05) is 0 Å². The predicted octanol–water partition coefficient (Wildman–Crippen LogP) is 2.90. The van der Waals surface area contributed by atoms with Crippen LogP contribution in [0.5, 0.6) is 0 Å². The van der Waals surface area contributed by atoms with E-state index in [2.05, 4.69) is 0 Å². The number of sulfone groups is 1. The van der Waals surface area contributed by atoms with E-state index in [9.17, 15) is 18.0 Å². The highest BCUT2D eigenvalue weighted by Crippen LogP contribution is 2.23. The van der Waals surface area contributed by atoms with Crippen LogP contribution in [0.25, 0.3) is 10.8 Å². The van der Waals surface area contributed by atoms with Crippen LogP contribution in [-0.2, 0) is 19.4 Å². The fourth-order valence-corrected chi connectivity index (χ4v) is 3.51. The molecule has 0 saturated carbocycles. The number of rotatable bonds is 3. The maximum Gasteiger partial charge on any atom is 0.431 e. The van der Waals surface area contributed by atoms with Crippen LogP contribution >= 0.6 is 11.6 Å². The quantitative estimate of drug-likeness (QED) is 0.484. The van der Waals surface area contributed by atoms with Gasteiger partial charge in [-0.1, -0.05) is 23.7 Å². The highest BCUT2D eigenvalue weighted by molar-refractivity contribution is 7.92. The summed E-state index contributed by atoms with van der Waals surface area (Å²) >= 11 is 5.90. The largest absolute Gasteiger partial charge is 0.442 e. The number of hydrogen-bond acceptors (Lipinski definition) is 6. The number of fused-ring (bicyclic) bond motifs is 1. The Balaban J connectivity index is 2.21. The van der Waals surface area contributed by atoms with E-state index in [-0.39, 0.29) is 9.90 Å². The van der Waals surface area contributed by atoms with Crippen LogP contribution in [-0.4, -0.2) is 36.8 Å².